The van der Waals surface area contributed by atoms with Crippen LogP contribution < -0.4 is 0 Å². The van der Waals surface area contributed by atoms with Gasteiger partial charge in [0.05, 0.1) is 19.8 Å². The van der Waals surface area contributed by atoms with Crippen molar-refractivity contribution in [2.45, 2.75) is 38.9 Å². The molecule has 0 atom stereocenters. The summed E-state index contributed by atoms with van der Waals surface area (Å²) < 4.78 is 11.9. The molecular weight excluding hydrogens is 256 g/mol. The Bertz CT molecular complexity index is 308. The predicted molar refractivity (Wildman–Crippen MR) is 70.3 cm³/mol. The molecule has 0 aromatic heterocycles. The van der Waals surface area contributed by atoms with Crippen molar-refractivity contribution in [1.82, 2.24) is 9.32 Å². The highest BCUT2D eigenvalue weighted by Crippen LogP contribution is 2.39. The Kier molecular flexibility index (Phi) is 5.00. The summed E-state index contributed by atoms with van der Waals surface area (Å²) in [7, 11) is 1.63. The van der Waals surface area contributed by atoms with Crippen LogP contribution in [0.4, 0.5) is 0 Å². The summed E-state index contributed by atoms with van der Waals surface area (Å²) in [6.45, 7) is 9.63. The normalized spacial score (nSPS) is 22.8. The van der Waals surface area contributed by atoms with E-state index in [4.69, 9.17) is 21.3 Å². The summed E-state index contributed by atoms with van der Waals surface area (Å²) in [5, 5.41) is 0. The van der Waals surface area contributed by atoms with Crippen molar-refractivity contribution >= 4 is 17.7 Å². The van der Waals surface area contributed by atoms with E-state index in [9.17, 15) is 4.79 Å². The third-order valence-corrected chi connectivity index (χ3v) is 4.13. The summed E-state index contributed by atoms with van der Waals surface area (Å²) in [5.41, 5.74) is -1.19. The van der Waals surface area contributed by atoms with Crippen LogP contribution >= 0.6 is 11.8 Å². The molecule has 18 heavy (non-hydrogen) atoms. The van der Waals surface area contributed by atoms with Gasteiger partial charge in [-0.05, 0) is 39.5 Å². The van der Waals surface area contributed by atoms with E-state index in [-0.39, 0.29) is 5.91 Å². The van der Waals surface area contributed by atoms with Crippen LogP contribution in [0.2, 0.25) is 0 Å². The van der Waals surface area contributed by atoms with Crippen molar-refractivity contribution in [1.29, 1.82) is 0 Å². The van der Waals surface area contributed by atoms with E-state index in [1.807, 2.05) is 27.7 Å². The lowest BCUT2D eigenvalue weighted by Crippen LogP contribution is -2.47. The number of halogens is 1. The summed E-state index contributed by atoms with van der Waals surface area (Å²) >= 11 is 6.26. The van der Waals surface area contributed by atoms with Crippen LogP contribution in [-0.2, 0) is 14.3 Å². The molecule has 1 rings (SSSR count). The molecule has 1 fully saturated rings. The van der Waals surface area contributed by atoms with Gasteiger partial charge in [0.2, 0.25) is 5.91 Å². The highest BCUT2D eigenvalue weighted by atomic mass is 35.5. The van der Waals surface area contributed by atoms with E-state index in [0.29, 0.717) is 26.4 Å². The van der Waals surface area contributed by atoms with E-state index in [0.717, 1.165) is 0 Å². The minimum atomic E-state index is -0.683. The Balaban J connectivity index is 2.57. The van der Waals surface area contributed by atoms with Gasteiger partial charge in [-0.1, -0.05) is 0 Å². The highest BCUT2D eigenvalue weighted by Gasteiger charge is 2.55. The number of carbonyl (C=O) groups is 1. The summed E-state index contributed by atoms with van der Waals surface area (Å²) in [6, 6.07) is 0. The Morgan fingerprint density at radius 1 is 1.17 bits per heavy atom. The van der Waals surface area contributed by atoms with E-state index < -0.39 is 11.2 Å². The van der Waals surface area contributed by atoms with E-state index in [1.165, 1.54) is 0 Å². The van der Waals surface area contributed by atoms with Gasteiger partial charge in [-0.25, -0.2) is 0 Å². The second-order valence-corrected chi connectivity index (χ2v) is 5.73. The molecule has 0 unspecified atom stereocenters. The second-order valence-electron chi connectivity index (χ2n) is 5.40. The van der Waals surface area contributed by atoms with Gasteiger partial charge < -0.3 is 14.4 Å². The minimum Gasteiger partial charge on any atom is -0.382 e. The van der Waals surface area contributed by atoms with Gasteiger partial charge in [0.25, 0.3) is 0 Å². The summed E-state index contributed by atoms with van der Waals surface area (Å²) in [6.07, 6.45) is 0. The molecule has 0 spiro atoms. The first-order chi connectivity index (χ1) is 8.26. The molecule has 1 saturated heterocycles. The number of nitrogens with zero attached hydrogens (tertiary/aromatic N) is 2. The van der Waals surface area contributed by atoms with E-state index >= 15 is 0 Å². The molecule has 6 heteroatoms. The monoisotopic (exact) mass is 278 g/mol. The van der Waals surface area contributed by atoms with Crippen LogP contribution in [0.1, 0.15) is 27.7 Å². The fourth-order valence-corrected chi connectivity index (χ4v) is 2.39. The molecule has 0 radical (unpaired) electrons. The zero-order valence-electron chi connectivity index (χ0n) is 11.8. The maximum atomic E-state index is 12.3. The third kappa shape index (κ3) is 2.79. The molecule has 5 nitrogen and oxygen atoms in total. The van der Waals surface area contributed by atoms with Gasteiger partial charge in [-0.15, -0.1) is 0 Å². The lowest BCUT2D eigenvalue weighted by Gasteiger charge is -2.35. The number of methoxy groups -OCH3 is 1. The Hall–Kier alpha value is -0.360. The third-order valence-electron chi connectivity index (χ3n) is 3.29. The first-order valence-corrected chi connectivity index (χ1v) is 6.45. The van der Waals surface area contributed by atoms with E-state index in [1.54, 1.807) is 16.4 Å². The molecule has 106 valence electrons. The molecule has 0 aliphatic carbocycles. The quantitative estimate of drug-likeness (QED) is 0.545. The topological polar surface area (TPSA) is 42.0 Å². The zero-order valence-corrected chi connectivity index (χ0v) is 12.6. The fraction of sp³-hybridized carbons (Fsp3) is 0.917. The van der Waals surface area contributed by atoms with Crippen LogP contribution in [0.25, 0.3) is 0 Å². The maximum Gasteiger partial charge on any atom is 0.245 e. The van der Waals surface area contributed by atoms with Gasteiger partial charge in [0.15, 0.2) is 0 Å². The molecule has 0 saturated carbocycles. The zero-order chi connectivity index (χ0) is 14.0. The van der Waals surface area contributed by atoms with E-state index in [2.05, 4.69) is 0 Å². The molecule has 0 N–H and O–H groups in total. The summed E-state index contributed by atoms with van der Waals surface area (Å²) in [5.74, 6) is 0.0258. The van der Waals surface area contributed by atoms with Crippen molar-refractivity contribution < 1.29 is 14.3 Å². The van der Waals surface area contributed by atoms with Crippen molar-refractivity contribution in [3.8, 4) is 0 Å². The Labute approximate surface area is 114 Å². The van der Waals surface area contributed by atoms with Crippen molar-refractivity contribution in [3.63, 3.8) is 0 Å². The number of rotatable bonds is 6. The molecular formula is C12H23ClN2O3. The van der Waals surface area contributed by atoms with Crippen LogP contribution in [0, 0.1) is 0 Å². The van der Waals surface area contributed by atoms with Crippen molar-refractivity contribution in [2.24, 2.45) is 0 Å². The number of hydrogen-bond acceptors (Lipinski definition) is 4. The average Bonchev–Trinajstić information content (AvgIpc) is 2.41. The molecule has 0 bridgehead atoms. The SMILES string of the molecule is COCCOCCN1C(=O)C(C)(C)N(Cl)C1(C)C. The van der Waals surface area contributed by atoms with Crippen molar-refractivity contribution in [2.75, 3.05) is 33.5 Å². The molecule has 1 aliphatic heterocycles. The number of carbonyl (C=O) groups excluding carboxylic acids is 1. The Morgan fingerprint density at radius 3 is 2.22 bits per heavy atom. The van der Waals surface area contributed by atoms with Gasteiger partial charge in [0, 0.05) is 13.7 Å². The standard InChI is InChI=1S/C12H23ClN2O3/c1-11(2)10(16)14(12(3,4)15(11)13)6-7-18-9-8-17-5/h6-9H2,1-5H3. The largest absolute Gasteiger partial charge is 0.382 e. The number of amides is 1. The first kappa shape index (κ1) is 15.7. The first-order valence-electron chi connectivity index (χ1n) is 6.11. The Morgan fingerprint density at radius 2 is 1.78 bits per heavy atom. The maximum absolute atomic E-state index is 12.3. The lowest BCUT2D eigenvalue weighted by atomic mass is 10.1. The summed E-state index contributed by atoms with van der Waals surface area (Å²) in [4.78, 5) is 14.0. The van der Waals surface area contributed by atoms with Crippen LogP contribution in [0.3, 0.4) is 0 Å². The van der Waals surface area contributed by atoms with Crippen LogP contribution in [0.5, 0.6) is 0 Å². The predicted octanol–water partition coefficient (Wildman–Crippen LogP) is 1.46. The molecule has 0 aromatic rings. The van der Waals surface area contributed by atoms with Crippen molar-refractivity contribution in [3.05, 3.63) is 0 Å². The number of ether oxygens (including phenoxy) is 2. The van der Waals surface area contributed by atoms with Gasteiger partial charge in [-0.2, -0.15) is 4.42 Å². The van der Waals surface area contributed by atoms with Gasteiger partial charge in [-0.3, -0.25) is 4.79 Å². The highest BCUT2D eigenvalue weighted by molar-refractivity contribution is 6.17. The average molecular weight is 279 g/mol. The van der Waals surface area contributed by atoms with Gasteiger partial charge in [0.1, 0.15) is 11.2 Å². The van der Waals surface area contributed by atoms with Crippen LogP contribution in [-0.4, -0.2) is 59.9 Å². The number of hydrogen-bond donors (Lipinski definition) is 0. The molecule has 1 heterocycles. The molecule has 1 aliphatic rings. The van der Waals surface area contributed by atoms with Crippen LogP contribution in [0.15, 0.2) is 0 Å². The van der Waals surface area contributed by atoms with Gasteiger partial charge >= 0.3 is 0 Å². The minimum absolute atomic E-state index is 0.0258. The second kappa shape index (κ2) is 5.74. The molecule has 1 amide bonds. The smallest absolute Gasteiger partial charge is 0.245 e. The fourth-order valence-electron chi connectivity index (χ4n) is 2.23. The lowest BCUT2D eigenvalue weighted by molar-refractivity contribution is -0.134. The molecule has 0 aromatic carbocycles.